The molecule has 0 bridgehead atoms. The molecule has 11 heavy (non-hydrogen) atoms. The van der Waals surface area contributed by atoms with E-state index in [4.69, 9.17) is 4.74 Å². The quantitative estimate of drug-likeness (QED) is 0.502. The lowest BCUT2D eigenvalue weighted by atomic mass is 9.83. The van der Waals surface area contributed by atoms with Crippen LogP contribution in [0, 0.1) is 5.41 Å². The highest BCUT2D eigenvalue weighted by Crippen LogP contribution is 2.29. The molecule has 0 atom stereocenters. The van der Waals surface area contributed by atoms with Crippen LogP contribution in [0.4, 0.5) is 0 Å². The first-order valence-electron chi connectivity index (χ1n) is 4.26. The fourth-order valence-electron chi connectivity index (χ4n) is 1.37. The van der Waals surface area contributed by atoms with Gasteiger partial charge in [0.05, 0.1) is 6.61 Å². The Bertz CT molecular complexity index is 150. The van der Waals surface area contributed by atoms with Crippen LogP contribution in [0.25, 0.3) is 0 Å². The van der Waals surface area contributed by atoms with Gasteiger partial charge in [-0.25, -0.2) is 0 Å². The minimum atomic E-state index is -0.0298. The number of esters is 1. The highest BCUT2D eigenvalue weighted by atomic mass is 16.5. The van der Waals surface area contributed by atoms with Crippen molar-refractivity contribution in [3.8, 4) is 0 Å². The monoisotopic (exact) mass is 156 g/mol. The van der Waals surface area contributed by atoms with Crippen LogP contribution >= 0.6 is 0 Å². The van der Waals surface area contributed by atoms with Crippen LogP contribution in [-0.2, 0) is 9.53 Å². The summed E-state index contributed by atoms with van der Waals surface area (Å²) in [6.07, 6.45) is 3.73. The van der Waals surface area contributed by atoms with Crippen LogP contribution in [0.15, 0.2) is 0 Å². The van der Waals surface area contributed by atoms with Crippen LogP contribution in [0.3, 0.4) is 0 Å². The van der Waals surface area contributed by atoms with Gasteiger partial charge in [-0.05, 0) is 24.7 Å². The van der Waals surface area contributed by atoms with E-state index in [1.54, 1.807) is 0 Å². The summed E-state index contributed by atoms with van der Waals surface area (Å²) in [5.41, 5.74) is 0.333. The summed E-state index contributed by atoms with van der Waals surface area (Å²) in [6.45, 7) is 5.04. The summed E-state index contributed by atoms with van der Waals surface area (Å²) in [5.74, 6) is -0.0298. The Hall–Kier alpha value is -0.530. The molecule has 0 aromatic rings. The van der Waals surface area contributed by atoms with Gasteiger partial charge < -0.3 is 4.74 Å². The van der Waals surface area contributed by atoms with Crippen LogP contribution in [-0.4, -0.2) is 12.6 Å². The molecule has 2 heteroatoms. The van der Waals surface area contributed by atoms with Crippen molar-refractivity contribution < 1.29 is 9.53 Å². The van der Waals surface area contributed by atoms with Gasteiger partial charge in [0, 0.05) is 6.42 Å². The zero-order chi connectivity index (χ0) is 8.32. The van der Waals surface area contributed by atoms with Gasteiger partial charge >= 0.3 is 5.97 Å². The molecule has 0 spiro atoms. The molecule has 0 aliphatic carbocycles. The Kier molecular flexibility index (Phi) is 2.53. The molecule has 0 aromatic heterocycles. The average Bonchev–Trinajstić information content (AvgIpc) is 1.92. The first kappa shape index (κ1) is 8.57. The maximum atomic E-state index is 10.9. The summed E-state index contributed by atoms with van der Waals surface area (Å²) in [6, 6.07) is 0. The second kappa shape index (κ2) is 3.24. The van der Waals surface area contributed by atoms with Crippen molar-refractivity contribution >= 4 is 5.97 Å². The summed E-state index contributed by atoms with van der Waals surface area (Å²) >= 11 is 0. The number of rotatable bonds is 0. The molecule has 0 aromatic carbocycles. The van der Waals surface area contributed by atoms with Gasteiger partial charge in [-0.15, -0.1) is 0 Å². The van der Waals surface area contributed by atoms with Crippen molar-refractivity contribution in [2.75, 3.05) is 6.61 Å². The zero-order valence-corrected chi connectivity index (χ0v) is 7.35. The van der Waals surface area contributed by atoms with Crippen molar-refractivity contribution in [3.63, 3.8) is 0 Å². The number of ether oxygens (including phenoxy) is 1. The molecule has 0 radical (unpaired) electrons. The Morgan fingerprint density at radius 2 is 2.09 bits per heavy atom. The van der Waals surface area contributed by atoms with Crippen LogP contribution in [0.5, 0.6) is 0 Å². The second-order valence-electron chi connectivity index (χ2n) is 3.99. The van der Waals surface area contributed by atoms with Gasteiger partial charge in [-0.2, -0.15) is 0 Å². The highest BCUT2D eigenvalue weighted by molar-refractivity contribution is 5.69. The third kappa shape index (κ3) is 2.91. The molecule has 1 fully saturated rings. The average molecular weight is 156 g/mol. The lowest BCUT2D eigenvalue weighted by molar-refractivity contribution is -0.145. The number of hydrogen-bond donors (Lipinski definition) is 0. The Labute approximate surface area is 67.9 Å². The van der Waals surface area contributed by atoms with Crippen molar-refractivity contribution in [2.24, 2.45) is 5.41 Å². The first-order valence-corrected chi connectivity index (χ1v) is 4.26. The second-order valence-corrected chi connectivity index (χ2v) is 3.99. The fourth-order valence-corrected chi connectivity index (χ4v) is 1.37. The SMILES string of the molecule is CC1(C)CCCOC(=O)CC1. The first-order chi connectivity index (χ1) is 5.10. The Balaban J connectivity index is 2.44. The largest absolute Gasteiger partial charge is 0.466 e. The number of carbonyl (C=O) groups excluding carboxylic acids is 1. The lowest BCUT2D eigenvalue weighted by Crippen LogP contribution is -2.19. The number of carbonyl (C=O) groups is 1. The van der Waals surface area contributed by atoms with Crippen molar-refractivity contribution in [2.45, 2.75) is 39.5 Å². The molecule has 64 valence electrons. The van der Waals surface area contributed by atoms with E-state index in [1.165, 1.54) is 6.42 Å². The summed E-state index contributed by atoms with van der Waals surface area (Å²) < 4.78 is 4.94. The number of hydrogen-bond acceptors (Lipinski definition) is 2. The van der Waals surface area contributed by atoms with Crippen LogP contribution in [0.2, 0.25) is 0 Å². The molecular weight excluding hydrogens is 140 g/mol. The van der Waals surface area contributed by atoms with Gasteiger partial charge in [-0.1, -0.05) is 13.8 Å². The van der Waals surface area contributed by atoms with E-state index in [9.17, 15) is 4.79 Å². The molecule has 0 amide bonds. The van der Waals surface area contributed by atoms with E-state index < -0.39 is 0 Å². The molecule has 0 N–H and O–H groups in total. The van der Waals surface area contributed by atoms with Crippen LogP contribution in [0.1, 0.15) is 39.5 Å². The van der Waals surface area contributed by atoms with Gasteiger partial charge in [0.15, 0.2) is 0 Å². The molecule has 1 heterocycles. The summed E-state index contributed by atoms with van der Waals surface area (Å²) in [5, 5.41) is 0. The zero-order valence-electron chi connectivity index (χ0n) is 7.35. The van der Waals surface area contributed by atoms with Gasteiger partial charge in [0.2, 0.25) is 0 Å². The molecule has 1 rings (SSSR count). The third-order valence-electron chi connectivity index (χ3n) is 2.27. The van der Waals surface area contributed by atoms with Crippen molar-refractivity contribution in [1.29, 1.82) is 0 Å². The fraction of sp³-hybridized carbons (Fsp3) is 0.889. The lowest BCUT2D eigenvalue weighted by Gasteiger charge is -2.26. The van der Waals surface area contributed by atoms with E-state index in [2.05, 4.69) is 13.8 Å². The van der Waals surface area contributed by atoms with Crippen LogP contribution < -0.4 is 0 Å². The predicted molar refractivity (Wildman–Crippen MR) is 43.2 cm³/mol. The third-order valence-corrected chi connectivity index (χ3v) is 2.27. The Morgan fingerprint density at radius 3 is 2.82 bits per heavy atom. The highest BCUT2D eigenvalue weighted by Gasteiger charge is 2.21. The minimum Gasteiger partial charge on any atom is -0.466 e. The predicted octanol–water partition coefficient (Wildman–Crippen LogP) is 2.13. The maximum absolute atomic E-state index is 10.9. The Morgan fingerprint density at radius 1 is 1.36 bits per heavy atom. The van der Waals surface area contributed by atoms with E-state index in [1.807, 2.05) is 0 Å². The van der Waals surface area contributed by atoms with E-state index in [0.29, 0.717) is 18.4 Å². The number of cyclic esters (lactones) is 1. The molecule has 1 aliphatic rings. The molecule has 0 saturated carbocycles. The topological polar surface area (TPSA) is 26.3 Å². The standard InChI is InChI=1S/C9H16O2/c1-9(2)5-3-7-11-8(10)4-6-9/h3-7H2,1-2H3. The van der Waals surface area contributed by atoms with E-state index in [0.717, 1.165) is 12.8 Å². The summed E-state index contributed by atoms with van der Waals surface area (Å²) in [7, 11) is 0. The summed E-state index contributed by atoms with van der Waals surface area (Å²) in [4.78, 5) is 10.9. The minimum absolute atomic E-state index is 0.0298. The van der Waals surface area contributed by atoms with Gasteiger partial charge in [0.25, 0.3) is 0 Å². The molecule has 2 nitrogen and oxygen atoms in total. The molecule has 0 unspecified atom stereocenters. The normalized spacial score (nSPS) is 25.1. The van der Waals surface area contributed by atoms with Gasteiger partial charge in [0.1, 0.15) is 0 Å². The molecule has 1 aliphatic heterocycles. The molecule has 1 saturated heterocycles. The van der Waals surface area contributed by atoms with Crippen molar-refractivity contribution in [1.82, 2.24) is 0 Å². The maximum Gasteiger partial charge on any atom is 0.305 e. The molecular formula is C9H16O2. The smallest absolute Gasteiger partial charge is 0.305 e. The van der Waals surface area contributed by atoms with E-state index >= 15 is 0 Å². The van der Waals surface area contributed by atoms with E-state index in [-0.39, 0.29) is 5.97 Å². The van der Waals surface area contributed by atoms with Gasteiger partial charge in [-0.3, -0.25) is 4.79 Å². The van der Waals surface area contributed by atoms with Crippen molar-refractivity contribution in [3.05, 3.63) is 0 Å².